The molecule has 1 fully saturated rings. The van der Waals surface area contributed by atoms with Gasteiger partial charge < -0.3 is 21.0 Å². The zero-order chi connectivity index (χ0) is 19.1. The Hall–Kier alpha value is -3.15. The summed E-state index contributed by atoms with van der Waals surface area (Å²) in [7, 11) is 0. The lowest BCUT2D eigenvalue weighted by Crippen LogP contribution is -2.43. The number of fused-ring (bicyclic) bond motifs is 1. The Balaban J connectivity index is 0.00000225. The van der Waals surface area contributed by atoms with Gasteiger partial charge in [-0.3, -0.25) is 0 Å². The maximum atomic E-state index is 14.7. The van der Waals surface area contributed by atoms with Crippen molar-refractivity contribution < 1.29 is 13.9 Å². The first-order valence-corrected chi connectivity index (χ1v) is 8.49. The molecule has 0 spiro atoms. The van der Waals surface area contributed by atoms with Gasteiger partial charge in [0.25, 0.3) is 11.0 Å². The number of benzene rings is 2. The Morgan fingerprint density at radius 3 is 2.43 bits per heavy atom. The molecule has 2 aromatic carbocycles. The molecule has 1 aromatic heterocycles. The highest BCUT2D eigenvalue weighted by Gasteiger charge is 2.32. The summed E-state index contributed by atoms with van der Waals surface area (Å²) in [6.45, 7) is 1.03. The van der Waals surface area contributed by atoms with Gasteiger partial charge in [-0.1, -0.05) is 18.2 Å². The first-order valence-electron chi connectivity index (χ1n) is 8.49. The highest BCUT2D eigenvalue weighted by molar-refractivity contribution is 5.85. The largest absolute Gasteiger partial charge is 0.617 e. The summed E-state index contributed by atoms with van der Waals surface area (Å²) in [5, 5.41) is 35.2. The molecule has 28 heavy (non-hydrogen) atoms. The maximum absolute atomic E-state index is 14.7. The van der Waals surface area contributed by atoms with Crippen molar-refractivity contribution in [3.8, 4) is 17.3 Å². The molecule has 1 unspecified atom stereocenters. The molecule has 7 nitrogen and oxygen atoms in total. The lowest BCUT2D eigenvalue weighted by molar-refractivity contribution is -0.622. The molecule has 0 saturated carbocycles. The molecule has 0 amide bonds. The van der Waals surface area contributed by atoms with E-state index in [0.29, 0.717) is 34.5 Å². The third-order valence-electron chi connectivity index (χ3n) is 4.83. The van der Waals surface area contributed by atoms with Crippen molar-refractivity contribution in [2.45, 2.75) is 12.5 Å². The first-order chi connectivity index (χ1) is 13.0. The lowest BCUT2D eigenvalue weighted by atomic mass is 10.1. The van der Waals surface area contributed by atoms with E-state index in [-0.39, 0.29) is 46.6 Å². The van der Waals surface area contributed by atoms with Gasteiger partial charge in [-0.2, -0.15) is 9.99 Å². The van der Waals surface area contributed by atoms with Gasteiger partial charge in [0, 0.05) is 25.2 Å². The van der Waals surface area contributed by atoms with Crippen LogP contribution in [0.3, 0.4) is 0 Å². The van der Waals surface area contributed by atoms with Crippen molar-refractivity contribution in [1.82, 2.24) is 0 Å². The number of nitrogens with two attached hydrogens (primary N) is 1. The summed E-state index contributed by atoms with van der Waals surface area (Å²) in [5.41, 5.74) is 5.87. The summed E-state index contributed by atoms with van der Waals surface area (Å²) in [5.74, 6) is -0.607. The number of halogens is 2. The van der Waals surface area contributed by atoms with Crippen LogP contribution in [0, 0.1) is 27.6 Å². The minimum Gasteiger partial charge on any atom is -0.617 e. The van der Waals surface area contributed by atoms with E-state index < -0.39 is 5.82 Å². The van der Waals surface area contributed by atoms with E-state index in [1.54, 1.807) is 35.2 Å². The van der Waals surface area contributed by atoms with Crippen LogP contribution in [0.4, 0.5) is 10.1 Å². The van der Waals surface area contributed by atoms with E-state index in [2.05, 4.69) is 0 Å². The fourth-order valence-corrected chi connectivity index (χ4v) is 3.50. The Morgan fingerprint density at radius 2 is 1.82 bits per heavy atom. The maximum Gasteiger partial charge on any atom is 0.369 e. The van der Waals surface area contributed by atoms with Crippen molar-refractivity contribution >= 4 is 29.1 Å². The summed E-state index contributed by atoms with van der Waals surface area (Å²) >= 11 is 0. The smallest absolute Gasteiger partial charge is 0.369 e. The Bertz CT molecular complexity index is 1090. The SMILES string of the molecule is Cl.N#Cc1c(-c2ccccc2)[n+]([O-])c2cc(F)c(N3CCC(N)C3)cc2[n+]1[O-]. The van der Waals surface area contributed by atoms with Gasteiger partial charge in [0.05, 0.1) is 17.3 Å². The minimum atomic E-state index is -0.607. The van der Waals surface area contributed by atoms with Gasteiger partial charge >= 0.3 is 11.4 Å². The van der Waals surface area contributed by atoms with E-state index >= 15 is 0 Å². The quantitative estimate of drug-likeness (QED) is 0.520. The highest BCUT2D eigenvalue weighted by atomic mass is 35.5. The number of anilines is 1. The fraction of sp³-hybridized carbons (Fsp3) is 0.211. The lowest BCUT2D eigenvalue weighted by Gasteiger charge is -2.19. The molecule has 144 valence electrons. The van der Waals surface area contributed by atoms with Crippen LogP contribution in [0.15, 0.2) is 42.5 Å². The van der Waals surface area contributed by atoms with Crippen molar-refractivity contribution in [2.24, 2.45) is 5.73 Å². The molecule has 2 heterocycles. The molecule has 9 heteroatoms. The molecule has 0 aliphatic carbocycles. The van der Waals surface area contributed by atoms with Crippen LogP contribution in [0.5, 0.6) is 0 Å². The minimum absolute atomic E-state index is 0. The second kappa shape index (κ2) is 7.46. The van der Waals surface area contributed by atoms with Gasteiger partial charge in [0.15, 0.2) is 11.9 Å². The number of rotatable bonds is 2. The topological polar surface area (TPSA) is 107 Å². The molecule has 2 N–H and O–H groups in total. The van der Waals surface area contributed by atoms with Gasteiger partial charge in [0.2, 0.25) is 0 Å². The predicted octanol–water partition coefficient (Wildman–Crippen LogP) is 1.74. The van der Waals surface area contributed by atoms with Crippen LogP contribution in [-0.4, -0.2) is 19.1 Å². The Labute approximate surface area is 166 Å². The number of hydrogen-bond donors (Lipinski definition) is 1. The summed E-state index contributed by atoms with van der Waals surface area (Å²) in [6, 6.07) is 12.5. The normalized spacial score (nSPS) is 16.0. The molecular formula is C19H17ClFN5O2. The van der Waals surface area contributed by atoms with Crippen molar-refractivity contribution in [3.63, 3.8) is 0 Å². The average Bonchev–Trinajstić information content (AvgIpc) is 3.10. The summed E-state index contributed by atoms with van der Waals surface area (Å²) in [4.78, 5) is 1.74. The third-order valence-corrected chi connectivity index (χ3v) is 4.83. The Morgan fingerprint density at radius 1 is 1.14 bits per heavy atom. The number of hydrogen-bond acceptors (Lipinski definition) is 5. The highest BCUT2D eigenvalue weighted by Crippen LogP contribution is 2.28. The zero-order valence-electron chi connectivity index (χ0n) is 14.7. The van der Waals surface area contributed by atoms with Crippen LogP contribution >= 0.6 is 12.4 Å². The van der Waals surface area contributed by atoms with E-state index in [1.165, 1.54) is 6.07 Å². The van der Waals surface area contributed by atoms with Crippen LogP contribution in [0.2, 0.25) is 0 Å². The molecule has 1 atom stereocenters. The fourth-order valence-electron chi connectivity index (χ4n) is 3.50. The Kier molecular flexibility index (Phi) is 5.23. The monoisotopic (exact) mass is 401 g/mol. The standard InChI is InChI=1S/C19H16FN5O2.ClH/c20-14-8-16-17(9-15(14)23-7-6-13(22)11-23)24(26)18(10-21)19(25(16)27)12-4-2-1-3-5-12;/h1-5,8-9,13H,6-7,11,22H2;1H. The summed E-state index contributed by atoms with van der Waals surface area (Å²) < 4.78 is 15.6. The molecule has 1 aliphatic heterocycles. The molecule has 1 aliphatic rings. The summed E-state index contributed by atoms with van der Waals surface area (Å²) in [6.07, 6.45) is 0.715. The molecular weight excluding hydrogens is 385 g/mol. The number of aromatic nitrogens is 2. The second-order valence-electron chi connectivity index (χ2n) is 6.55. The van der Waals surface area contributed by atoms with Gasteiger partial charge in [-0.15, -0.1) is 17.1 Å². The van der Waals surface area contributed by atoms with E-state index in [1.807, 2.05) is 6.07 Å². The molecule has 1 saturated heterocycles. The van der Waals surface area contributed by atoms with Gasteiger partial charge in [-0.25, -0.2) is 4.39 Å². The third kappa shape index (κ3) is 3.05. The van der Waals surface area contributed by atoms with Crippen LogP contribution in [0.1, 0.15) is 12.1 Å². The van der Waals surface area contributed by atoms with E-state index in [0.717, 1.165) is 6.07 Å². The van der Waals surface area contributed by atoms with E-state index in [4.69, 9.17) is 5.73 Å². The number of nitriles is 1. The molecule has 3 aromatic rings. The van der Waals surface area contributed by atoms with E-state index in [9.17, 15) is 20.1 Å². The van der Waals surface area contributed by atoms with Crippen LogP contribution < -0.4 is 20.1 Å². The van der Waals surface area contributed by atoms with Crippen molar-refractivity contribution in [3.05, 3.63) is 64.4 Å². The van der Waals surface area contributed by atoms with Crippen LogP contribution in [0.25, 0.3) is 22.3 Å². The van der Waals surface area contributed by atoms with Crippen LogP contribution in [-0.2, 0) is 0 Å². The number of nitrogens with zero attached hydrogens (tertiary/aromatic N) is 4. The van der Waals surface area contributed by atoms with Gasteiger partial charge in [0.1, 0.15) is 0 Å². The van der Waals surface area contributed by atoms with Gasteiger partial charge in [-0.05, 0) is 18.6 Å². The molecule has 0 bridgehead atoms. The van der Waals surface area contributed by atoms with Crippen molar-refractivity contribution in [1.29, 1.82) is 5.26 Å². The average molecular weight is 402 g/mol. The predicted molar refractivity (Wildman–Crippen MR) is 104 cm³/mol. The van der Waals surface area contributed by atoms with Crippen molar-refractivity contribution in [2.75, 3.05) is 18.0 Å². The molecule has 4 rings (SSSR count). The second-order valence-corrected chi connectivity index (χ2v) is 6.55. The molecule has 0 radical (unpaired) electrons. The first kappa shape index (κ1) is 19.6. The zero-order valence-corrected chi connectivity index (χ0v) is 15.5.